The van der Waals surface area contributed by atoms with Crippen molar-refractivity contribution in [2.45, 2.75) is 19.8 Å². The number of ether oxygens (including phenoxy) is 2. The Labute approximate surface area is 166 Å². The third-order valence-electron chi connectivity index (χ3n) is 4.80. The molecule has 1 aromatic carbocycles. The van der Waals surface area contributed by atoms with Crippen molar-refractivity contribution >= 4 is 11.9 Å². The van der Waals surface area contributed by atoms with Crippen LogP contribution in [0.25, 0.3) is 0 Å². The molecule has 0 aliphatic carbocycles. The van der Waals surface area contributed by atoms with E-state index in [-0.39, 0.29) is 17.9 Å². The topological polar surface area (TPSA) is 104 Å². The number of hydrogen-bond donors (Lipinski definition) is 4. The van der Waals surface area contributed by atoms with Crippen molar-refractivity contribution in [1.29, 1.82) is 0 Å². The molecule has 1 saturated heterocycles. The van der Waals surface area contributed by atoms with Gasteiger partial charge in [-0.1, -0.05) is 0 Å². The van der Waals surface area contributed by atoms with E-state index in [4.69, 9.17) is 9.47 Å². The molecule has 1 aliphatic heterocycles. The first kappa shape index (κ1) is 22.0. The second-order valence-electron chi connectivity index (χ2n) is 6.88. The molecule has 1 fully saturated rings. The molecule has 0 bridgehead atoms. The first-order chi connectivity index (χ1) is 13.6. The van der Waals surface area contributed by atoms with E-state index in [2.05, 4.69) is 20.9 Å². The number of methoxy groups -OCH3 is 1. The van der Waals surface area contributed by atoms with Crippen LogP contribution >= 0.6 is 0 Å². The van der Waals surface area contributed by atoms with E-state index in [1.54, 1.807) is 31.4 Å². The van der Waals surface area contributed by atoms with Crippen molar-refractivity contribution in [3.63, 3.8) is 0 Å². The van der Waals surface area contributed by atoms with Crippen molar-refractivity contribution in [3.8, 4) is 5.75 Å². The van der Waals surface area contributed by atoms with Crippen LogP contribution in [0.1, 0.15) is 30.1 Å². The summed E-state index contributed by atoms with van der Waals surface area (Å²) in [6.07, 6.45) is 1.60. The van der Waals surface area contributed by atoms with E-state index >= 15 is 0 Å². The molecule has 1 aliphatic rings. The zero-order valence-corrected chi connectivity index (χ0v) is 16.8. The number of aliphatic hydroxyl groups excluding tert-OH is 1. The molecule has 2 rings (SSSR count). The van der Waals surface area contributed by atoms with Gasteiger partial charge < -0.3 is 30.5 Å². The minimum atomic E-state index is -0.128. The lowest BCUT2D eigenvalue weighted by Crippen LogP contribution is -2.42. The van der Waals surface area contributed by atoms with Gasteiger partial charge in [-0.2, -0.15) is 0 Å². The van der Waals surface area contributed by atoms with E-state index in [9.17, 15) is 9.90 Å². The van der Waals surface area contributed by atoms with Crippen LogP contribution in [0.15, 0.2) is 29.3 Å². The number of aliphatic hydroxyl groups is 1. The fourth-order valence-electron chi connectivity index (χ4n) is 3.08. The highest BCUT2D eigenvalue weighted by Gasteiger charge is 2.34. The zero-order chi connectivity index (χ0) is 20.2. The van der Waals surface area contributed by atoms with Gasteiger partial charge in [-0.15, -0.1) is 0 Å². The molecule has 8 heteroatoms. The standard InChI is InChI=1S/C20H32N4O4/c1-3-21-19(24-14-20(8-12-25)9-13-28-15-20)23-11-10-22-18(26)16-4-6-17(27-2)7-5-16/h4-7,25H,3,8-15H2,1-2H3,(H,22,26)(H2,21,23,24). The van der Waals surface area contributed by atoms with Crippen LogP contribution in [0, 0.1) is 5.41 Å². The molecule has 1 aromatic rings. The maximum Gasteiger partial charge on any atom is 0.251 e. The highest BCUT2D eigenvalue weighted by Crippen LogP contribution is 2.32. The van der Waals surface area contributed by atoms with Gasteiger partial charge in [0.15, 0.2) is 5.96 Å². The third-order valence-corrected chi connectivity index (χ3v) is 4.80. The van der Waals surface area contributed by atoms with Crippen LogP contribution in [0.4, 0.5) is 0 Å². The van der Waals surface area contributed by atoms with Crippen molar-refractivity contribution in [2.24, 2.45) is 10.4 Å². The van der Waals surface area contributed by atoms with Crippen LogP contribution < -0.4 is 20.7 Å². The van der Waals surface area contributed by atoms with Crippen molar-refractivity contribution in [1.82, 2.24) is 16.0 Å². The number of nitrogens with one attached hydrogen (secondary N) is 3. The predicted octanol–water partition coefficient (Wildman–Crippen LogP) is 0.769. The molecule has 1 heterocycles. The Morgan fingerprint density at radius 3 is 2.61 bits per heavy atom. The summed E-state index contributed by atoms with van der Waals surface area (Å²) < 4.78 is 10.6. The number of guanidine groups is 1. The molecular weight excluding hydrogens is 360 g/mol. The molecule has 8 nitrogen and oxygen atoms in total. The van der Waals surface area contributed by atoms with Crippen LogP contribution in [-0.4, -0.2) is 70.1 Å². The maximum absolute atomic E-state index is 12.2. The summed E-state index contributed by atoms with van der Waals surface area (Å²) in [4.78, 5) is 16.8. The first-order valence-electron chi connectivity index (χ1n) is 9.75. The number of carbonyl (C=O) groups is 1. The molecule has 156 valence electrons. The molecule has 28 heavy (non-hydrogen) atoms. The molecule has 0 aromatic heterocycles. The molecule has 1 amide bonds. The lowest BCUT2D eigenvalue weighted by molar-refractivity contribution is 0.0954. The fraction of sp³-hybridized carbons (Fsp3) is 0.600. The van der Waals surface area contributed by atoms with Crippen molar-refractivity contribution in [2.75, 3.05) is 53.1 Å². The number of nitrogens with zero attached hydrogens (tertiary/aromatic N) is 1. The van der Waals surface area contributed by atoms with E-state index in [1.165, 1.54) is 0 Å². The zero-order valence-electron chi connectivity index (χ0n) is 16.8. The van der Waals surface area contributed by atoms with Gasteiger partial charge in [0.05, 0.1) is 20.3 Å². The number of carbonyl (C=O) groups excluding carboxylic acids is 1. The number of benzene rings is 1. The Hall–Kier alpha value is -2.32. The monoisotopic (exact) mass is 392 g/mol. The predicted molar refractivity (Wildman–Crippen MR) is 109 cm³/mol. The normalized spacial score (nSPS) is 19.3. The number of rotatable bonds is 10. The molecule has 1 unspecified atom stereocenters. The molecule has 0 saturated carbocycles. The molecule has 4 N–H and O–H groups in total. The van der Waals surface area contributed by atoms with Gasteiger partial charge in [-0.25, -0.2) is 0 Å². The Bertz CT molecular complexity index is 628. The molecule has 0 radical (unpaired) electrons. The average molecular weight is 393 g/mol. The first-order valence-corrected chi connectivity index (χ1v) is 9.75. The van der Waals surface area contributed by atoms with Gasteiger partial charge in [0, 0.05) is 43.8 Å². The van der Waals surface area contributed by atoms with E-state index < -0.39 is 0 Å². The Morgan fingerprint density at radius 1 is 1.25 bits per heavy atom. The van der Waals surface area contributed by atoms with Crippen LogP contribution in [-0.2, 0) is 4.74 Å². The fourth-order valence-corrected chi connectivity index (χ4v) is 3.08. The highest BCUT2D eigenvalue weighted by molar-refractivity contribution is 5.94. The Kier molecular flexibility index (Phi) is 9.03. The maximum atomic E-state index is 12.2. The number of hydrogen-bond acceptors (Lipinski definition) is 5. The number of aliphatic imine (C=N–C) groups is 1. The highest BCUT2D eigenvalue weighted by atomic mass is 16.5. The second kappa shape index (κ2) is 11.5. The summed E-state index contributed by atoms with van der Waals surface area (Å²) in [5, 5.41) is 18.6. The molecule has 0 spiro atoms. The van der Waals surface area contributed by atoms with Gasteiger partial charge in [0.2, 0.25) is 0 Å². The summed E-state index contributed by atoms with van der Waals surface area (Å²) >= 11 is 0. The van der Waals surface area contributed by atoms with E-state index in [1.807, 2.05) is 6.92 Å². The second-order valence-corrected chi connectivity index (χ2v) is 6.88. The number of amides is 1. The van der Waals surface area contributed by atoms with Gasteiger partial charge in [0.25, 0.3) is 5.91 Å². The lowest BCUT2D eigenvalue weighted by atomic mass is 9.84. The van der Waals surface area contributed by atoms with Gasteiger partial charge >= 0.3 is 0 Å². The van der Waals surface area contributed by atoms with Gasteiger partial charge in [0.1, 0.15) is 5.75 Å². The van der Waals surface area contributed by atoms with E-state index in [0.29, 0.717) is 44.2 Å². The molecule has 1 atom stereocenters. The van der Waals surface area contributed by atoms with Crippen LogP contribution in [0.3, 0.4) is 0 Å². The summed E-state index contributed by atoms with van der Waals surface area (Å²) in [5.41, 5.74) is 0.508. The largest absolute Gasteiger partial charge is 0.497 e. The Balaban J connectivity index is 1.79. The van der Waals surface area contributed by atoms with Crippen molar-refractivity contribution in [3.05, 3.63) is 29.8 Å². The minimum Gasteiger partial charge on any atom is -0.497 e. The molecular formula is C20H32N4O4. The van der Waals surface area contributed by atoms with E-state index in [0.717, 1.165) is 25.3 Å². The average Bonchev–Trinajstić information content (AvgIpc) is 3.18. The summed E-state index contributed by atoms with van der Waals surface area (Å²) in [5.74, 6) is 1.29. The van der Waals surface area contributed by atoms with Gasteiger partial charge in [-0.05, 0) is 44.0 Å². The van der Waals surface area contributed by atoms with Crippen molar-refractivity contribution < 1.29 is 19.4 Å². The minimum absolute atomic E-state index is 0.0836. The van der Waals surface area contributed by atoms with Crippen LogP contribution in [0.2, 0.25) is 0 Å². The smallest absolute Gasteiger partial charge is 0.251 e. The summed E-state index contributed by atoms with van der Waals surface area (Å²) in [6.45, 7) is 5.86. The van der Waals surface area contributed by atoms with Crippen LogP contribution in [0.5, 0.6) is 5.75 Å². The third kappa shape index (κ3) is 6.69. The Morgan fingerprint density at radius 2 is 2.00 bits per heavy atom. The SMILES string of the molecule is CCNC(=NCC1(CCO)CCOC1)NCCNC(=O)c1ccc(OC)cc1. The van der Waals surface area contributed by atoms with Gasteiger partial charge in [-0.3, -0.25) is 9.79 Å². The quantitative estimate of drug-likeness (QED) is 0.266. The lowest BCUT2D eigenvalue weighted by Gasteiger charge is -2.24. The summed E-state index contributed by atoms with van der Waals surface area (Å²) in [7, 11) is 1.59. The summed E-state index contributed by atoms with van der Waals surface area (Å²) in [6, 6.07) is 6.99.